The molecule has 0 unspecified atom stereocenters. The number of hydrogen-bond donors (Lipinski definition) is 4. The van der Waals surface area contributed by atoms with E-state index in [0.717, 1.165) is 32.2 Å². The molecule has 298 valence electrons. The molecule has 2 aliphatic rings. The Kier molecular flexibility index (Phi) is 18.3. The first-order valence-corrected chi connectivity index (χ1v) is 19.9. The van der Waals surface area contributed by atoms with Gasteiger partial charge in [0.1, 0.15) is 6.04 Å². The van der Waals surface area contributed by atoms with Gasteiger partial charge in [0.2, 0.25) is 11.8 Å². The zero-order chi connectivity index (χ0) is 39.8. The average Bonchev–Trinajstić information content (AvgIpc) is 3.59. The van der Waals surface area contributed by atoms with Crippen LogP contribution in [0.25, 0.3) is 0 Å². The average molecular weight is 748 g/mol. The quantitative estimate of drug-likeness (QED) is 0.0705. The molecule has 1 heterocycles. The van der Waals surface area contributed by atoms with Gasteiger partial charge in [-0.1, -0.05) is 56.3 Å². The number of carbonyl (C=O) groups is 5. The number of nitrogens with two attached hydrogens (primary N) is 1. The number of ether oxygens (including phenoxy) is 1. The van der Waals surface area contributed by atoms with Crippen molar-refractivity contribution in [2.75, 3.05) is 26.2 Å². The first-order chi connectivity index (χ1) is 25.7. The number of benzene rings is 1. The van der Waals surface area contributed by atoms with Crippen LogP contribution in [0.5, 0.6) is 0 Å². The Labute approximate surface area is 323 Å². The maximum Gasteiger partial charge on any atom is 0.407 e. The Balaban J connectivity index is 1.50. The van der Waals surface area contributed by atoms with Crippen LogP contribution in [-0.2, 0) is 30.3 Å². The number of ketones is 2. The molecule has 11 nitrogen and oxygen atoms in total. The minimum atomic E-state index is -0.697. The summed E-state index contributed by atoms with van der Waals surface area (Å²) in [5.74, 6) is 0.0949. The van der Waals surface area contributed by atoms with Crippen LogP contribution in [0.3, 0.4) is 0 Å². The lowest BCUT2D eigenvalue weighted by Crippen LogP contribution is -2.53. The Hall–Kier alpha value is -4.09. The minimum Gasteiger partial charge on any atom is -0.450 e. The lowest BCUT2D eigenvalue weighted by Gasteiger charge is -2.29. The summed E-state index contributed by atoms with van der Waals surface area (Å²) in [6.45, 7) is 15.1. The zero-order valence-electron chi connectivity index (χ0n) is 33.7. The summed E-state index contributed by atoms with van der Waals surface area (Å²) in [5.41, 5.74) is 9.54. The van der Waals surface area contributed by atoms with Crippen molar-refractivity contribution < 1.29 is 28.7 Å². The standard InChI is InChI=1S/C43H65N5O6/c1-28(2)25-35(44)21-20-34(26-33-15-9-8-10-16-33)27-48-23-13-19-38(48)42(52)47-37(41(51)46-29(3)4)18-11-12-22-45-43(53)54-24-14-17-36-32(7)39(49)30(5)31(6)40(36)50/h8-10,15-16,20-21,28-29,34-35,37-38H,11-14,17-19,22-27,44H2,1-7H3,(H,45,53)(H,46,51)(H,47,52)/b21-20+/t34-,35-,37+,38+/m1/s1. The van der Waals surface area contributed by atoms with Gasteiger partial charge >= 0.3 is 6.09 Å². The molecule has 3 amide bonds. The maximum absolute atomic E-state index is 13.8. The highest BCUT2D eigenvalue weighted by atomic mass is 16.5. The number of nitrogens with zero attached hydrogens (tertiary/aromatic N) is 1. The van der Waals surface area contributed by atoms with Gasteiger partial charge in [0, 0.05) is 47.5 Å². The third-order valence-electron chi connectivity index (χ3n) is 10.2. The van der Waals surface area contributed by atoms with Crippen molar-refractivity contribution in [2.24, 2.45) is 17.6 Å². The second kappa shape index (κ2) is 22.3. The second-order valence-corrected chi connectivity index (χ2v) is 15.7. The van der Waals surface area contributed by atoms with Crippen molar-refractivity contribution in [3.8, 4) is 0 Å². The lowest BCUT2D eigenvalue weighted by molar-refractivity contribution is -0.132. The number of allylic oxidation sites excluding steroid dienone is 4. The molecule has 1 aromatic carbocycles. The number of likely N-dealkylation sites (tertiary alicyclic amines) is 1. The molecule has 0 aromatic heterocycles. The molecule has 1 aliphatic heterocycles. The number of unbranched alkanes of at least 4 members (excludes halogenated alkanes) is 1. The summed E-state index contributed by atoms with van der Waals surface area (Å²) in [6.07, 6.45) is 9.55. The van der Waals surface area contributed by atoms with E-state index in [1.165, 1.54) is 5.56 Å². The molecule has 5 N–H and O–H groups in total. The highest BCUT2D eigenvalue weighted by molar-refractivity contribution is 6.24. The molecule has 0 saturated carbocycles. The molecule has 1 aromatic rings. The maximum atomic E-state index is 13.8. The van der Waals surface area contributed by atoms with Crippen molar-refractivity contribution in [3.63, 3.8) is 0 Å². The van der Waals surface area contributed by atoms with Crippen LogP contribution in [0.1, 0.15) is 105 Å². The smallest absolute Gasteiger partial charge is 0.407 e. The van der Waals surface area contributed by atoms with Crippen LogP contribution in [0.2, 0.25) is 0 Å². The number of nitrogens with one attached hydrogen (secondary N) is 3. The van der Waals surface area contributed by atoms with Crippen molar-refractivity contribution in [1.29, 1.82) is 0 Å². The van der Waals surface area contributed by atoms with Gasteiger partial charge in [-0.05, 0) is 116 Å². The molecule has 11 heteroatoms. The number of carbonyl (C=O) groups excluding carboxylic acids is 5. The van der Waals surface area contributed by atoms with Crippen molar-refractivity contribution in [3.05, 3.63) is 70.3 Å². The van der Waals surface area contributed by atoms with E-state index in [1.54, 1.807) is 20.8 Å². The molecule has 0 spiro atoms. The van der Waals surface area contributed by atoms with Crippen molar-refractivity contribution in [2.45, 2.75) is 130 Å². The molecule has 54 heavy (non-hydrogen) atoms. The summed E-state index contributed by atoms with van der Waals surface area (Å²) in [7, 11) is 0. The first-order valence-electron chi connectivity index (χ1n) is 19.9. The molecule has 0 bridgehead atoms. The fraction of sp³-hybridized carbons (Fsp3) is 0.605. The third kappa shape index (κ3) is 14.3. The molecule has 0 radical (unpaired) electrons. The van der Waals surface area contributed by atoms with Crippen LogP contribution < -0.4 is 21.7 Å². The van der Waals surface area contributed by atoms with Gasteiger partial charge in [-0.15, -0.1) is 0 Å². The molecule has 4 atom stereocenters. The second-order valence-electron chi connectivity index (χ2n) is 15.7. The highest BCUT2D eigenvalue weighted by Crippen LogP contribution is 2.27. The Bertz CT molecular complexity index is 1530. The lowest BCUT2D eigenvalue weighted by atomic mass is 9.84. The number of amides is 3. The van der Waals surface area contributed by atoms with Crippen LogP contribution in [0, 0.1) is 11.8 Å². The summed E-state index contributed by atoms with van der Waals surface area (Å²) < 4.78 is 5.29. The number of hydrogen-bond acceptors (Lipinski definition) is 8. The largest absolute Gasteiger partial charge is 0.450 e. The zero-order valence-corrected chi connectivity index (χ0v) is 33.7. The Morgan fingerprint density at radius 1 is 0.926 bits per heavy atom. The van der Waals surface area contributed by atoms with Crippen LogP contribution in [0.15, 0.2) is 64.8 Å². The first kappa shape index (κ1) is 44.3. The molecule has 1 fully saturated rings. The van der Waals surface area contributed by atoms with Gasteiger partial charge in [0.15, 0.2) is 11.6 Å². The third-order valence-corrected chi connectivity index (χ3v) is 10.2. The number of Topliss-reactive ketones (excluding diaryl/α,β-unsaturated/α-hetero) is 2. The monoisotopic (exact) mass is 747 g/mol. The fourth-order valence-corrected chi connectivity index (χ4v) is 7.18. The van der Waals surface area contributed by atoms with E-state index in [0.29, 0.717) is 73.4 Å². The molecule has 1 saturated heterocycles. The molecular weight excluding hydrogens is 683 g/mol. The molecular formula is C43H65N5O6. The number of rotatable bonds is 21. The Morgan fingerprint density at radius 3 is 2.31 bits per heavy atom. The Morgan fingerprint density at radius 2 is 1.63 bits per heavy atom. The summed E-state index contributed by atoms with van der Waals surface area (Å²) in [5, 5.41) is 8.76. The predicted octanol–water partition coefficient (Wildman–Crippen LogP) is 5.73. The fourth-order valence-electron chi connectivity index (χ4n) is 7.18. The normalized spacial score (nSPS) is 18.4. The van der Waals surface area contributed by atoms with Crippen LogP contribution in [-0.4, -0.2) is 84.8 Å². The summed E-state index contributed by atoms with van der Waals surface area (Å²) in [6, 6.07) is 9.25. The van der Waals surface area contributed by atoms with E-state index in [4.69, 9.17) is 10.5 Å². The van der Waals surface area contributed by atoms with Gasteiger partial charge < -0.3 is 26.4 Å². The van der Waals surface area contributed by atoms with Crippen molar-refractivity contribution >= 4 is 29.5 Å². The van der Waals surface area contributed by atoms with Gasteiger partial charge in [-0.3, -0.25) is 24.1 Å². The van der Waals surface area contributed by atoms with Crippen LogP contribution >= 0.6 is 0 Å². The highest BCUT2D eigenvalue weighted by Gasteiger charge is 2.34. The van der Waals surface area contributed by atoms with E-state index in [9.17, 15) is 24.0 Å². The van der Waals surface area contributed by atoms with Crippen LogP contribution in [0.4, 0.5) is 4.79 Å². The molecule has 1 aliphatic carbocycles. The minimum absolute atomic E-state index is 0.0190. The topological polar surface area (TPSA) is 160 Å². The van der Waals surface area contributed by atoms with Crippen molar-refractivity contribution in [1.82, 2.24) is 20.9 Å². The van der Waals surface area contributed by atoms with E-state index in [-0.39, 0.29) is 54.0 Å². The molecule has 3 rings (SSSR count). The van der Waals surface area contributed by atoms with Gasteiger partial charge in [0.05, 0.1) is 12.6 Å². The summed E-state index contributed by atoms with van der Waals surface area (Å²) in [4.78, 5) is 66.6. The van der Waals surface area contributed by atoms with Gasteiger partial charge in [-0.25, -0.2) is 4.79 Å². The van der Waals surface area contributed by atoms with Gasteiger partial charge in [0.25, 0.3) is 0 Å². The SMILES string of the molecule is CC1=C(C)C(=O)C(CCCOC(=O)NCCCC[C@H](NC(=O)[C@@H]2CCCN2C[C@H](/C=C/[C@@H](N)CC(C)C)Cc2ccccc2)C(=O)NC(C)C)=C(C)C1=O. The van der Waals surface area contributed by atoms with E-state index < -0.39 is 12.1 Å². The number of alkyl carbamates (subject to hydrolysis) is 1. The van der Waals surface area contributed by atoms with Gasteiger partial charge in [-0.2, -0.15) is 0 Å². The summed E-state index contributed by atoms with van der Waals surface area (Å²) >= 11 is 0. The predicted molar refractivity (Wildman–Crippen MR) is 214 cm³/mol. The van der Waals surface area contributed by atoms with E-state index in [1.807, 2.05) is 32.0 Å². The van der Waals surface area contributed by atoms with E-state index >= 15 is 0 Å². The van der Waals surface area contributed by atoms with E-state index in [2.05, 4.69) is 59.0 Å².